The molecular formula is C11H15N5OS. The van der Waals surface area contributed by atoms with Gasteiger partial charge in [0.1, 0.15) is 5.69 Å². The van der Waals surface area contributed by atoms with Crippen LogP contribution in [0.2, 0.25) is 0 Å². The summed E-state index contributed by atoms with van der Waals surface area (Å²) in [7, 11) is 0. The van der Waals surface area contributed by atoms with E-state index in [1.54, 1.807) is 0 Å². The zero-order valence-electron chi connectivity index (χ0n) is 10.4. The van der Waals surface area contributed by atoms with Crippen molar-refractivity contribution in [2.45, 2.75) is 26.2 Å². The molecule has 96 valence electrons. The van der Waals surface area contributed by atoms with Crippen LogP contribution in [-0.2, 0) is 5.41 Å². The highest BCUT2D eigenvalue weighted by atomic mass is 32.1. The number of anilines is 2. The third kappa shape index (κ3) is 2.51. The van der Waals surface area contributed by atoms with Crippen LogP contribution in [-0.4, -0.2) is 21.1 Å². The highest BCUT2D eigenvalue weighted by molar-refractivity contribution is 7.14. The second kappa shape index (κ2) is 4.41. The van der Waals surface area contributed by atoms with Crippen LogP contribution in [0.3, 0.4) is 0 Å². The van der Waals surface area contributed by atoms with Gasteiger partial charge in [-0.3, -0.25) is 15.2 Å². The third-order valence-corrected chi connectivity index (χ3v) is 3.15. The van der Waals surface area contributed by atoms with Crippen LogP contribution in [0.15, 0.2) is 11.6 Å². The number of H-pyrrole nitrogens is 1. The number of hydrogen-bond donors (Lipinski definition) is 3. The van der Waals surface area contributed by atoms with Crippen molar-refractivity contribution in [1.29, 1.82) is 0 Å². The number of rotatable bonds is 2. The minimum Gasteiger partial charge on any atom is -0.396 e. The summed E-state index contributed by atoms with van der Waals surface area (Å²) in [6, 6.07) is 0. The molecule has 6 nitrogen and oxygen atoms in total. The number of hydrogen-bond acceptors (Lipinski definition) is 5. The average molecular weight is 265 g/mol. The van der Waals surface area contributed by atoms with Gasteiger partial charge in [0.25, 0.3) is 5.91 Å². The summed E-state index contributed by atoms with van der Waals surface area (Å²) < 4.78 is 0. The van der Waals surface area contributed by atoms with Gasteiger partial charge in [-0.1, -0.05) is 20.8 Å². The van der Waals surface area contributed by atoms with Gasteiger partial charge < -0.3 is 5.73 Å². The summed E-state index contributed by atoms with van der Waals surface area (Å²) in [5, 5.41) is 11.4. The first-order chi connectivity index (χ1) is 8.38. The Balaban J connectivity index is 2.13. The lowest BCUT2D eigenvalue weighted by molar-refractivity contribution is 0.102. The van der Waals surface area contributed by atoms with E-state index in [-0.39, 0.29) is 17.0 Å². The van der Waals surface area contributed by atoms with Gasteiger partial charge in [-0.15, -0.1) is 11.3 Å². The molecule has 0 aliphatic carbocycles. The highest BCUT2D eigenvalue weighted by Crippen LogP contribution is 2.26. The number of carbonyl (C=O) groups excluding carboxylic acids is 1. The Morgan fingerprint density at radius 3 is 2.72 bits per heavy atom. The van der Waals surface area contributed by atoms with Gasteiger partial charge in [-0.2, -0.15) is 5.10 Å². The van der Waals surface area contributed by atoms with Crippen molar-refractivity contribution in [2.24, 2.45) is 0 Å². The molecule has 0 saturated carbocycles. The average Bonchev–Trinajstić information content (AvgIpc) is 2.85. The quantitative estimate of drug-likeness (QED) is 0.773. The van der Waals surface area contributed by atoms with Gasteiger partial charge in [0.2, 0.25) is 0 Å². The summed E-state index contributed by atoms with van der Waals surface area (Å²) in [5.41, 5.74) is 7.08. The predicted octanol–water partition coefficient (Wildman–Crippen LogP) is 2.00. The van der Waals surface area contributed by atoms with Crippen LogP contribution in [0.1, 0.15) is 37.0 Å². The van der Waals surface area contributed by atoms with Crippen molar-refractivity contribution in [1.82, 2.24) is 15.2 Å². The van der Waals surface area contributed by atoms with Gasteiger partial charge >= 0.3 is 0 Å². The molecule has 0 unspecified atom stereocenters. The first-order valence-corrected chi connectivity index (χ1v) is 6.32. The molecule has 2 aromatic heterocycles. The molecule has 2 rings (SSSR count). The lowest BCUT2D eigenvalue weighted by atomic mass is 9.93. The first kappa shape index (κ1) is 12.6. The number of amides is 1. The molecule has 2 aromatic rings. The second-order valence-electron chi connectivity index (χ2n) is 4.94. The van der Waals surface area contributed by atoms with Gasteiger partial charge in [-0.25, -0.2) is 4.98 Å². The summed E-state index contributed by atoms with van der Waals surface area (Å²) in [6.45, 7) is 6.21. The fourth-order valence-corrected chi connectivity index (χ4v) is 2.24. The molecule has 0 bridgehead atoms. The number of carbonyl (C=O) groups is 1. The number of nitrogens with two attached hydrogens (primary N) is 1. The van der Waals surface area contributed by atoms with Crippen molar-refractivity contribution in [3.05, 3.63) is 23.0 Å². The molecule has 4 N–H and O–H groups in total. The second-order valence-corrected chi connectivity index (χ2v) is 5.80. The van der Waals surface area contributed by atoms with E-state index in [2.05, 4.69) is 41.3 Å². The molecule has 0 aromatic carbocycles. The normalized spacial score (nSPS) is 11.5. The van der Waals surface area contributed by atoms with Crippen molar-refractivity contribution >= 4 is 28.1 Å². The number of nitrogen functional groups attached to an aromatic ring is 1. The maximum atomic E-state index is 11.9. The van der Waals surface area contributed by atoms with E-state index >= 15 is 0 Å². The molecule has 0 spiro atoms. The van der Waals surface area contributed by atoms with Gasteiger partial charge in [0, 0.05) is 10.8 Å². The maximum Gasteiger partial charge on any atom is 0.277 e. The summed E-state index contributed by atoms with van der Waals surface area (Å²) in [6.07, 6.45) is 1.40. The molecule has 0 aliphatic rings. The van der Waals surface area contributed by atoms with Crippen LogP contribution < -0.4 is 11.1 Å². The predicted molar refractivity (Wildman–Crippen MR) is 71.8 cm³/mol. The molecule has 7 heteroatoms. The van der Waals surface area contributed by atoms with Crippen molar-refractivity contribution < 1.29 is 4.79 Å². The van der Waals surface area contributed by atoms with Crippen LogP contribution in [0.25, 0.3) is 0 Å². The maximum absolute atomic E-state index is 11.9. The third-order valence-electron chi connectivity index (χ3n) is 2.39. The SMILES string of the molecule is CC(C)(C)c1csc(NC(=O)c2[nH]ncc2N)n1. The zero-order valence-corrected chi connectivity index (χ0v) is 11.3. The number of aromatic amines is 1. The van der Waals surface area contributed by atoms with E-state index in [1.165, 1.54) is 17.5 Å². The number of nitrogens with zero attached hydrogens (tertiary/aromatic N) is 2. The van der Waals surface area contributed by atoms with Gasteiger partial charge in [0.15, 0.2) is 5.13 Å². The van der Waals surface area contributed by atoms with Crippen LogP contribution >= 0.6 is 11.3 Å². The van der Waals surface area contributed by atoms with Crippen molar-refractivity contribution in [2.75, 3.05) is 11.1 Å². The lowest BCUT2D eigenvalue weighted by Crippen LogP contribution is -2.15. The summed E-state index contributed by atoms with van der Waals surface area (Å²) in [4.78, 5) is 16.2. The molecule has 2 heterocycles. The molecule has 0 atom stereocenters. The highest BCUT2D eigenvalue weighted by Gasteiger charge is 2.19. The van der Waals surface area contributed by atoms with Crippen molar-refractivity contribution in [3.63, 3.8) is 0 Å². The molecule has 1 amide bonds. The Morgan fingerprint density at radius 1 is 1.50 bits per heavy atom. The van der Waals surface area contributed by atoms with Crippen LogP contribution in [0.5, 0.6) is 0 Å². The Hall–Kier alpha value is -1.89. The Morgan fingerprint density at radius 2 is 2.22 bits per heavy atom. The monoisotopic (exact) mass is 265 g/mol. The van der Waals surface area contributed by atoms with E-state index < -0.39 is 0 Å². The molecule has 18 heavy (non-hydrogen) atoms. The lowest BCUT2D eigenvalue weighted by Gasteiger charge is -2.14. The van der Waals surface area contributed by atoms with E-state index in [1.807, 2.05) is 5.38 Å². The molecular weight excluding hydrogens is 250 g/mol. The molecule has 0 fully saturated rings. The van der Waals surface area contributed by atoms with Gasteiger partial charge in [-0.05, 0) is 0 Å². The van der Waals surface area contributed by atoms with E-state index in [9.17, 15) is 4.79 Å². The van der Waals surface area contributed by atoms with Crippen LogP contribution in [0.4, 0.5) is 10.8 Å². The zero-order chi connectivity index (χ0) is 13.3. The Kier molecular flexibility index (Phi) is 3.08. The molecule has 0 aliphatic heterocycles. The topological polar surface area (TPSA) is 96.7 Å². The van der Waals surface area contributed by atoms with Gasteiger partial charge in [0.05, 0.1) is 17.6 Å². The Labute approximate surface area is 109 Å². The first-order valence-electron chi connectivity index (χ1n) is 5.44. The fourth-order valence-electron chi connectivity index (χ4n) is 1.31. The number of aromatic nitrogens is 3. The minimum absolute atomic E-state index is 0.0352. The molecule has 0 radical (unpaired) electrons. The van der Waals surface area contributed by atoms with Crippen molar-refractivity contribution in [3.8, 4) is 0 Å². The minimum atomic E-state index is -0.334. The Bertz CT molecular complexity index is 566. The summed E-state index contributed by atoms with van der Waals surface area (Å²) >= 11 is 1.39. The van der Waals surface area contributed by atoms with E-state index in [4.69, 9.17) is 5.73 Å². The largest absolute Gasteiger partial charge is 0.396 e. The standard InChI is InChI=1S/C11H15N5OS/c1-11(2,3)7-5-18-10(14-7)15-9(17)8-6(12)4-13-16-8/h4-5H,12H2,1-3H3,(H,13,16)(H,14,15,17). The van der Waals surface area contributed by atoms with E-state index in [0.717, 1.165) is 5.69 Å². The van der Waals surface area contributed by atoms with E-state index in [0.29, 0.717) is 10.8 Å². The molecule has 0 saturated heterocycles. The fraction of sp³-hybridized carbons (Fsp3) is 0.364. The number of nitrogens with one attached hydrogen (secondary N) is 2. The smallest absolute Gasteiger partial charge is 0.277 e. The van der Waals surface area contributed by atoms with Crippen LogP contribution in [0, 0.1) is 0 Å². The summed E-state index contributed by atoms with van der Waals surface area (Å²) in [5.74, 6) is -0.334. The number of thiazole rings is 1.